The lowest BCUT2D eigenvalue weighted by Gasteiger charge is -2.32. The van der Waals surface area contributed by atoms with Gasteiger partial charge in [-0.05, 0) is 41.3 Å². The van der Waals surface area contributed by atoms with Crippen LogP contribution in [0.4, 0.5) is 0 Å². The normalized spacial score (nSPS) is 15.7. The average Bonchev–Trinajstić information content (AvgIpc) is 2.87. The first-order valence-corrected chi connectivity index (χ1v) is 11.7. The van der Waals surface area contributed by atoms with E-state index in [0.717, 1.165) is 47.3 Å². The molecule has 3 aromatic carbocycles. The molecule has 1 aliphatic rings. The molecule has 1 aliphatic heterocycles. The summed E-state index contributed by atoms with van der Waals surface area (Å²) in [5, 5.41) is 11.9. The topological polar surface area (TPSA) is 45.6 Å². The van der Waals surface area contributed by atoms with Gasteiger partial charge in [0.2, 0.25) is 0 Å². The van der Waals surface area contributed by atoms with E-state index < -0.39 is 6.10 Å². The zero-order valence-corrected chi connectivity index (χ0v) is 19.0. The minimum absolute atomic E-state index is 0.0325. The number of hydrogen-bond acceptors (Lipinski definition) is 4. The van der Waals surface area contributed by atoms with E-state index in [1.54, 1.807) is 0 Å². The van der Waals surface area contributed by atoms with Crippen molar-refractivity contribution in [3.8, 4) is 16.9 Å². The number of aliphatic hydroxyl groups is 1. The number of fused-ring (bicyclic) bond motifs is 2. The van der Waals surface area contributed by atoms with Crippen LogP contribution in [0.3, 0.4) is 0 Å². The Labute approximate surface area is 195 Å². The monoisotopic (exact) mass is 438 g/mol. The summed E-state index contributed by atoms with van der Waals surface area (Å²) in [6.45, 7) is 5.09. The van der Waals surface area contributed by atoms with Gasteiger partial charge in [0.15, 0.2) is 0 Å². The molecule has 0 spiro atoms. The maximum absolute atomic E-state index is 10.8. The van der Waals surface area contributed by atoms with Gasteiger partial charge in [0.25, 0.3) is 0 Å². The van der Waals surface area contributed by atoms with Crippen molar-refractivity contribution in [3.63, 3.8) is 0 Å². The summed E-state index contributed by atoms with van der Waals surface area (Å²) in [4.78, 5) is 6.92. The molecule has 4 heteroatoms. The predicted molar refractivity (Wildman–Crippen MR) is 133 cm³/mol. The molecule has 5 rings (SSSR count). The molecule has 0 bridgehead atoms. The summed E-state index contributed by atoms with van der Waals surface area (Å²) in [6.07, 6.45) is 2.44. The third kappa shape index (κ3) is 4.92. The number of rotatable bonds is 7. The molecule has 168 valence electrons. The van der Waals surface area contributed by atoms with Gasteiger partial charge in [0, 0.05) is 42.7 Å². The van der Waals surface area contributed by atoms with Crippen LogP contribution in [-0.2, 0) is 13.0 Å². The molecule has 0 amide bonds. The molecule has 1 N–H and O–H groups in total. The van der Waals surface area contributed by atoms with Gasteiger partial charge in [-0.3, -0.25) is 9.88 Å². The molecule has 33 heavy (non-hydrogen) atoms. The van der Waals surface area contributed by atoms with E-state index in [1.165, 1.54) is 11.1 Å². The van der Waals surface area contributed by atoms with E-state index in [0.29, 0.717) is 13.2 Å². The SMILES string of the molecule is CC(COc1cccc(-c2cccc3cccnc23)c1)C(O)CN1CCc2ccccc2C1. The number of pyridine rings is 1. The average molecular weight is 439 g/mol. The van der Waals surface area contributed by atoms with E-state index in [-0.39, 0.29) is 5.92 Å². The second-order valence-electron chi connectivity index (χ2n) is 9.02. The highest BCUT2D eigenvalue weighted by molar-refractivity contribution is 5.93. The van der Waals surface area contributed by atoms with Crippen LogP contribution >= 0.6 is 0 Å². The van der Waals surface area contributed by atoms with E-state index >= 15 is 0 Å². The lowest BCUT2D eigenvalue weighted by Crippen LogP contribution is -2.40. The Kier molecular flexibility index (Phi) is 6.38. The van der Waals surface area contributed by atoms with Crippen LogP contribution in [0.5, 0.6) is 5.75 Å². The van der Waals surface area contributed by atoms with Crippen molar-refractivity contribution in [3.05, 3.63) is 96.2 Å². The first-order valence-electron chi connectivity index (χ1n) is 11.7. The molecule has 2 unspecified atom stereocenters. The smallest absolute Gasteiger partial charge is 0.119 e. The third-order valence-electron chi connectivity index (χ3n) is 6.60. The zero-order chi connectivity index (χ0) is 22.6. The first kappa shape index (κ1) is 21.6. The second-order valence-corrected chi connectivity index (χ2v) is 9.02. The summed E-state index contributed by atoms with van der Waals surface area (Å²) in [5.74, 6) is 0.844. The number of benzene rings is 3. The summed E-state index contributed by atoms with van der Waals surface area (Å²) < 4.78 is 6.11. The quantitative estimate of drug-likeness (QED) is 0.423. The van der Waals surface area contributed by atoms with Crippen LogP contribution in [0.2, 0.25) is 0 Å². The van der Waals surface area contributed by atoms with Crippen molar-refractivity contribution in [1.29, 1.82) is 0 Å². The molecule has 1 aromatic heterocycles. The van der Waals surface area contributed by atoms with Crippen LogP contribution < -0.4 is 4.74 Å². The number of para-hydroxylation sites is 1. The van der Waals surface area contributed by atoms with Crippen molar-refractivity contribution in [1.82, 2.24) is 9.88 Å². The standard InChI is InChI=1S/C29H30N2O2/c1-21(28(32)19-31-16-14-22-7-2-3-8-25(22)18-31)20-33-26-12-4-10-24(17-26)27-13-5-9-23-11-6-15-30-29(23)27/h2-13,15,17,21,28,32H,14,16,18-20H2,1H3. The molecule has 0 saturated heterocycles. The van der Waals surface area contributed by atoms with E-state index in [9.17, 15) is 5.11 Å². The summed E-state index contributed by atoms with van der Waals surface area (Å²) in [7, 11) is 0. The molecule has 2 atom stereocenters. The fraction of sp³-hybridized carbons (Fsp3) is 0.276. The van der Waals surface area contributed by atoms with Crippen LogP contribution in [0.25, 0.3) is 22.0 Å². The Morgan fingerprint density at radius 2 is 1.79 bits per heavy atom. The molecule has 0 aliphatic carbocycles. The van der Waals surface area contributed by atoms with Crippen LogP contribution in [0, 0.1) is 5.92 Å². The van der Waals surface area contributed by atoms with Crippen molar-refractivity contribution in [2.75, 3.05) is 19.7 Å². The largest absolute Gasteiger partial charge is 0.493 e. The van der Waals surface area contributed by atoms with Gasteiger partial charge < -0.3 is 9.84 Å². The lowest BCUT2D eigenvalue weighted by molar-refractivity contribution is 0.0454. The van der Waals surface area contributed by atoms with Gasteiger partial charge in [0.1, 0.15) is 5.75 Å². The highest BCUT2D eigenvalue weighted by atomic mass is 16.5. The van der Waals surface area contributed by atoms with Crippen molar-refractivity contribution < 1.29 is 9.84 Å². The van der Waals surface area contributed by atoms with Crippen LogP contribution in [0.15, 0.2) is 85.1 Å². The number of aromatic nitrogens is 1. The van der Waals surface area contributed by atoms with Gasteiger partial charge in [-0.25, -0.2) is 0 Å². The fourth-order valence-electron chi connectivity index (χ4n) is 4.58. The maximum Gasteiger partial charge on any atom is 0.119 e. The number of ether oxygens (including phenoxy) is 1. The highest BCUT2D eigenvalue weighted by Gasteiger charge is 2.22. The molecule has 4 nitrogen and oxygen atoms in total. The minimum Gasteiger partial charge on any atom is -0.493 e. The first-order chi connectivity index (χ1) is 16.2. The second kappa shape index (κ2) is 9.74. The Morgan fingerprint density at radius 1 is 0.970 bits per heavy atom. The summed E-state index contributed by atoms with van der Waals surface area (Å²) >= 11 is 0. The lowest BCUT2D eigenvalue weighted by atomic mass is 9.98. The number of nitrogens with zero attached hydrogens (tertiary/aromatic N) is 2. The number of hydrogen-bond donors (Lipinski definition) is 1. The van der Waals surface area contributed by atoms with Crippen molar-refractivity contribution in [2.45, 2.75) is 26.0 Å². The number of β-amino-alcohol motifs (C(OH)–C–C–N with tert-alkyl or cyclic N) is 1. The van der Waals surface area contributed by atoms with E-state index in [1.807, 2.05) is 24.4 Å². The van der Waals surface area contributed by atoms with Gasteiger partial charge in [0.05, 0.1) is 18.2 Å². The van der Waals surface area contributed by atoms with E-state index in [4.69, 9.17) is 4.74 Å². The Hall–Kier alpha value is -3.21. The number of aliphatic hydroxyl groups excluding tert-OH is 1. The molecule has 0 saturated carbocycles. The Balaban J connectivity index is 1.21. The van der Waals surface area contributed by atoms with Gasteiger partial charge in [-0.1, -0.05) is 67.6 Å². The highest BCUT2D eigenvalue weighted by Crippen LogP contribution is 2.29. The maximum atomic E-state index is 10.8. The van der Waals surface area contributed by atoms with Crippen molar-refractivity contribution in [2.24, 2.45) is 5.92 Å². The molecular weight excluding hydrogens is 408 g/mol. The molecule has 4 aromatic rings. The zero-order valence-electron chi connectivity index (χ0n) is 19.0. The molecular formula is C29H30N2O2. The fourth-order valence-corrected chi connectivity index (χ4v) is 4.58. The summed E-state index contributed by atoms with van der Waals surface area (Å²) in [6, 6.07) is 27.0. The molecule has 0 fully saturated rings. The van der Waals surface area contributed by atoms with Crippen LogP contribution in [0.1, 0.15) is 18.1 Å². The van der Waals surface area contributed by atoms with Gasteiger partial charge in [-0.2, -0.15) is 0 Å². The molecule has 0 radical (unpaired) electrons. The third-order valence-corrected chi connectivity index (χ3v) is 6.60. The molecule has 2 heterocycles. The van der Waals surface area contributed by atoms with Gasteiger partial charge >= 0.3 is 0 Å². The summed E-state index contributed by atoms with van der Waals surface area (Å²) in [5.41, 5.74) is 5.97. The minimum atomic E-state index is -0.430. The van der Waals surface area contributed by atoms with Crippen molar-refractivity contribution >= 4 is 10.9 Å². The van der Waals surface area contributed by atoms with Crippen LogP contribution in [-0.4, -0.2) is 40.8 Å². The predicted octanol–water partition coefficient (Wildman–Crippen LogP) is 5.34. The van der Waals surface area contributed by atoms with E-state index in [2.05, 4.69) is 77.5 Å². The van der Waals surface area contributed by atoms with Gasteiger partial charge in [-0.15, -0.1) is 0 Å². The Morgan fingerprint density at radius 3 is 2.70 bits per heavy atom. The Bertz CT molecular complexity index is 1230.